The lowest BCUT2D eigenvalue weighted by atomic mass is 9.97. The SMILES string of the molecule is O=C(NCCCN1CCCC1)C1CCN(S(=O)(=O)c2cccc(C(F)(F)F)c2)CC1. The quantitative estimate of drug-likeness (QED) is 0.653. The van der Waals surface area contributed by atoms with Crippen molar-refractivity contribution < 1.29 is 26.4 Å². The van der Waals surface area contributed by atoms with Crippen molar-refractivity contribution in [2.75, 3.05) is 39.3 Å². The summed E-state index contributed by atoms with van der Waals surface area (Å²) in [6, 6.07) is 3.77. The van der Waals surface area contributed by atoms with E-state index in [4.69, 9.17) is 0 Å². The number of alkyl halides is 3. The van der Waals surface area contributed by atoms with Gasteiger partial charge in [0.15, 0.2) is 0 Å². The molecule has 0 aliphatic carbocycles. The number of hydrogen-bond donors (Lipinski definition) is 1. The first-order chi connectivity index (χ1) is 14.2. The van der Waals surface area contributed by atoms with Crippen molar-refractivity contribution in [3.63, 3.8) is 0 Å². The number of carbonyl (C=O) groups excluding carboxylic acids is 1. The number of carbonyl (C=O) groups is 1. The van der Waals surface area contributed by atoms with Gasteiger partial charge in [-0.2, -0.15) is 17.5 Å². The number of nitrogens with zero attached hydrogens (tertiary/aromatic N) is 2. The normalized spacial score (nSPS) is 19.8. The van der Waals surface area contributed by atoms with Crippen LogP contribution in [0.25, 0.3) is 0 Å². The predicted molar refractivity (Wildman–Crippen MR) is 106 cm³/mol. The number of rotatable bonds is 7. The van der Waals surface area contributed by atoms with Gasteiger partial charge in [-0.1, -0.05) is 6.07 Å². The maximum absolute atomic E-state index is 12.9. The van der Waals surface area contributed by atoms with Crippen LogP contribution in [0.3, 0.4) is 0 Å². The lowest BCUT2D eigenvalue weighted by molar-refractivity contribution is -0.137. The van der Waals surface area contributed by atoms with Crippen LogP contribution in [-0.4, -0.2) is 62.8 Å². The second-order valence-corrected chi connectivity index (χ2v) is 9.84. The molecule has 0 atom stereocenters. The standard InChI is InChI=1S/C20H28F3N3O3S/c21-20(22,23)17-5-3-6-18(15-17)30(28,29)26-13-7-16(8-14-26)19(27)24-9-4-12-25-10-1-2-11-25/h3,5-6,15-16H,1-2,4,7-14H2,(H,24,27). The number of hydrogen-bond acceptors (Lipinski definition) is 4. The van der Waals surface area contributed by atoms with Gasteiger partial charge >= 0.3 is 6.18 Å². The summed E-state index contributed by atoms with van der Waals surface area (Å²) in [5.74, 6) is -0.350. The van der Waals surface area contributed by atoms with E-state index in [9.17, 15) is 26.4 Å². The minimum absolute atomic E-state index is 0.0764. The van der Waals surface area contributed by atoms with Gasteiger partial charge in [0, 0.05) is 25.6 Å². The molecular weight excluding hydrogens is 419 g/mol. The van der Waals surface area contributed by atoms with Crippen molar-refractivity contribution >= 4 is 15.9 Å². The van der Waals surface area contributed by atoms with Gasteiger partial charge in [0.25, 0.3) is 0 Å². The van der Waals surface area contributed by atoms with E-state index in [1.54, 1.807) is 0 Å². The molecule has 6 nitrogen and oxygen atoms in total. The van der Waals surface area contributed by atoms with Crippen molar-refractivity contribution in [3.05, 3.63) is 29.8 Å². The fourth-order valence-electron chi connectivity index (χ4n) is 4.01. The number of piperidine rings is 1. The average molecular weight is 448 g/mol. The summed E-state index contributed by atoms with van der Waals surface area (Å²) in [7, 11) is -4.03. The van der Waals surface area contributed by atoms with Crippen LogP contribution in [0.1, 0.15) is 37.7 Å². The number of benzene rings is 1. The summed E-state index contributed by atoms with van der Waals surface area (Å²) in [5, 5.41) is 2.93. The molecule has 0 bridgehead atoms. The molecule has 0 saturated carbocycles. The largest absolute Gasteiger partial charge is 0.416 e. The van der Waals surface area contributed by atoms with E-state index in [2.05, 4.69) is 10.2 Å². The lowest BCUT2D eigenvalue weighted by Crippen LogP contribution is -2.43. The highest BCUT2D eigenvalue weighted by Crippen LogP contribution is 2.32. The average Bonchev–Trinajstić information content (AvgIpc) is 3.24. The van der Waals surface area contributed by atoms with Gasteiger partial charge in [0.2, 0.25) is 15.9 Å². The Balaban J connectivity index is 1.48. The third-order valence-corrected chi connectivity index (χ3v) is 7.67. The minimum atomic E-state index is -4.61. The van der Waals surface area contributed by atoms with Gasteiger partial charge in [-0.25, -0.2) is 8.42 Å². The Hall–Kier alpha value is -1.65. The molecule has 2 heterocycles. The fraction of sp³-hybridized carbons (Fsp3) is 0.650. The van der Waals surface area contributed by atoms with Crippen LogP contribution in [0, 0.1) is 5.92 Å². The van der Waals surface area contributed by atoms with Crippen molar-refractivity contribution in [1.29, 1.82) is 0 Å². The summed E-state index contributed by atoms with van der Waals surface area (Å²) in [6.07, 6.45) is -0.547. The van der Waals surface area contributed by atoms with Crippen LogP contribution in [0.5, 0.6) is 0 Å². The lowest BCUT2D eigenvalue weighted by Gasteiger charge is -2.30. The van der Waals surface area contributed by atoms with Crippen molar-refractivity contribution in [2.45, 2.75) is 43.2 Å². The van der Waals surface area contributed by atoms with Crippen molar-refractivity contribution in [3.8, 4) is 0 Å². The molecule has 2 saturated heterocycles. The summed E-state index contributed by atoms with van der Waals surface area (Å²) < 4.78 is 65.3. The van der Waals surface area contributed by atoms with E-state index in [1.165, 1.54) is 23.2 Å². The van der Waals surface area contributed by atoms with Gasteiger partial charge in [-0.3, -0.25) is 4.79 Å². The first kappa shape index (κ1) is 23.0. The first-order valence-corrected chi connectivity index (χ1v) is 11.8. The highest BCUT2D eigenvalue weighted by molar-refractivity contribution is 7.89. The van der Waals surface area contributed by atoms with Gasteiger partial charge in [0.05, 0.1) is 10.5 Å². The summed E-state index contributed by atoms with van der Waals surface area (Å²) in [6.45, 7) is 4.03. The molecular formula is C20H28F3N3O3S. The summed E-state index contributed by atoms with van der Waals surface area (Å²) in [4.78, 5) is 14.4. The number of likely N-dealkylation sites (tertiary alicyclic amines) is 1. The van der Waals surface area contributed by atoms with Gasteiger partial charge < -0.3 is 10.2 Å². The Labute approximate surface area is 175 Å². The molecule has 0 spiro atoms. The van der Waals surface area contributed by atoms with E-state index in [1.807, 2.05) is 0 Å². The zero-order valence-electron chi connectivity index (χ0n) is 16.8. The Bertz CT molecular complexity index is 831. The van der Waals surface area contributed by atoms with E-state index >= 15 is 0 Å². The molecule has 1 N–H and O–H groups in total. The molecule has 2 aliphatic rings. The van der Waals surface area contributed by atoms with Crippen LogP contribution in [0.2, 0.25) is 0 Å². The second kappa shape index (κ2) is 9.65. The maximum atomic E-state index is 12.9. The van der Waals surface area contributed by atoms with E-state index in [0.29, 0.717) is 25.5 Å². The monoisotopic (exact) mass is 447 g/mol. The number of amides is 1. The molecule has 0 radical (unpaired) electrons. The predicted octanol–water partition coefficient (Wildman–Crippen LogP) is 2.71. The topological polar surface area (TPSA) is 69.7 Å². The maximum Gasteiger partial charge on any atom is 0.416 e. The Kier molecular flexibility index (Phi) is 7.41. The van der Waals surface area contributed by atoms with Crippen LogP contribution in [0.15, 0.2) is 29.2 Å². The Morgan fingerprint density at radius 1 is 1.10 bits per heavy atom. The van der Waals surface area contributed by atoms with E-state index in [-0.39, 0.29) is 29.8 Å². The van der Waals surface area contributed by atoms with Crippen LogP contribution < -0.4 is 5.32 Å². The van der Waals surface area contributed by atoms with Crippen LogP contribution >= 0.6 is 0 Å². The number of halogens is 3. The summed E-state index contributed by atoms with van der Waals surface area (Å²) in [5.41, 5.74) is -0.994. The molecule has 2 fully saturated rings. The smallest absolute Gasteiger partial charge is 0.356 e. The molecule has 10 heteroatoms. The van der Waals surface area contributed by atoms with Gasteiger partial charge in [-0.15, -0.1) is 0 Å². The third kappa shape index (κ3) is 5.73. The molecule has 1 aromatic rings. The molecule has 168 valence electrons. The van der Waals surface area contributed by atoms with E-state index < -0.39 is 21.8 Å². The molecule has 3 rings (SSSR count). The zero-order valence-corrected chi connectivity index (χ0v) is 17.6. The molecule has 0 aromatic heterocycles. The van der Waals surface area contributed by atoms with Gasteiger partial charge in [0.1, 0.15) is 0 Å². The highest BCUT2D eigenvalue weighted by atomic mass is 32.2. The molecule has 30 heavy (non-hydrogen) atoms. The Morgan fingerprint density at radius 3 is 2.40 bits per heavy atom. The fourth-order valence-corrected chi connectivity index (χ4v) is 5.52. The Morgan fingerprint density at radius 2 is 1.77 bits per heavy atom. The van der Waals surface area contributed by atoms with Crippen LogP contribution in [-0.2, 0) is 21.0 Å². The van der Waals surface area contributed by atoms with Crippen LogP contribution in [0.4, 0.5) is 13.2 Å². The highest BCUT2D eigenvalue weighted by Gasteiger charge is 2.35. The number of nitrogens with one attached hydrogen (secondary N) is 1. The van der Waals surface area contributed by atoms with Gasteiger partial charge in [-0.05, 0) is 69.9 Å². The van der Waals surface area contributed by atoms with E-state index in [0.717, 1.165) is 38.2 Å². The first-order valence-electron chi connectivity index (χ1n) is 10.4. The molecule has 1 aromatic carbocycles. The second-order valence-electron chi connectivity index (χ2n) is 7.90. The summed E-state index contributed by atoms with van der Waals surface area (Å²) >= 11 is 0. The van der Waals surface area contributed by atoms with Crippen molar-refractivity contribution in [1.82, 2.24) is 14.5 Å². The van der Waals surface area contributed by atoms with Crippen molar-refractivity contribution in [2.24, 2.45) is 5.92 Å². The zero-order chi connectivity index (χ0) is 21.8. The molecule has 1 amide bonds. The third-order valence-electron chi connectivity index (χ3n) is 5.77. The minimum Gasteiger partial charge on any atom is -0.356 e. The number of sulfonamides is 1. The molecule has 2 aliphatic heterocycles. The molecule has 0 unspecified atom stereocenters.